The van der Waals surface area contributed by atoms with Crippen LogP contribution in [0, 0.1) is 0 Å². The van der Waals surface area contributed by atoms with Crippen molar-refractivity contribution in [2.45, 2.75) is 19.2 Å². The first kappa shape index (κ1) is 14.8. The van der Waals surface area contributed by atoms with Crippen molar-refractivity contribution in [1.82, 2.24) is 19.7 Å². The first-order chi connectivity index (χ1) is 11.7. The van der Waals surface area contributed by atoms with Gasteiger partial charge in [-0.2, -0.15) is 5.10 Å². The van der Waals surface area contributed by atoms with E-state index < -0.39 is 0 Å². The molecule has 1 unspecified atom stereocenters. The molecule has 4 rings (SSSR count). The van der Waals surface area contributed by atoms with Crippen molar-refractivity contribution >= 4 is 16.8 Å². The maximum atomic E-state index is 13.0. The molecule has 122 valence electrons. The fourth-order valence-corrected chi connectivity index (χ4v) is 3.07. The van der Waals surface area contributed by atoms with Gasteiger partial charge < -0.3 is 9.64 Å². The van der Waals surface area contributed by atoms with Crippen LogP contribution in [0.25, 0.3) is 10.9 Å². The van der Waals surface area contributed by atoms with Gasteiger partial charge in [-0.25, -0.2) is 4.98 Å². The van der Waals surface area contributed by atoms with Crippen molar-refractivity contribution < 1.29 is 9.53 Å². The average molecular weight is 322 g/mol. The molecule has 0 fully saturated rings. The molecule has 1 aliphatic rings. The Bertz CT molecular complexity index is 889. The molecule has 1 atom stereocenters. The average Bonchev–Trinajstić information content (AvgIpc) is 2.98. The van der Waals surface area contributed by atoms with Crippen LogP contribution in [0.3, 0.4) is 0 Å². The van der Waals surface area contributed by atoms with E-state index in [1.807, 2.05) is 41.1 Å². The second-order valence-electron chi connectivity index (χ2n) is 5.94. The Balaban J connectivity index is 1.66. The number of fused-ring (bicyclic) bond motifs is 2. The fourth-order valence-electron chi connectivity index (χ4n) is 3.07. The zero-order chi connectivity index (χ0) is 16.5. The number of carbonyl (C=O) groups excluding carboxylic acids is 1. The van der Waals surface area contributed by atoms with E-state index in [2.05, 4.69) is 10.1 Å². The lowest BCUT2D eigenvalue weighted by Gasteiger charge is -2.23. The van der Waals surface area contributed by atoms with Gasteiger partial charge in [0.05, 0.1) is 30.4 Å². The molecule has 0 aliphatic carbocycles. The molecular weight excluding hydrogens is 304 g/mol. The molecule has 0 bridgehead atoms. The minimum absolute atomic E-state index is 0.0857. The standard InChI is InChI=1S/C18H18N4O2/c1-24-15-11-21(10-14-8-9-19-22(14)12-15)18(23)17-7-6-13-4-2-3-5-16(13)20-17/h2-9,15H,10-12H2,1H3. The zero-order valence-corrected chi connectivity index (χ0v) is 13.4. The van der Waals surface area contributed by atoms with Gasteiger partial charge in [0.1, 0.15) is 5.69 Å². The van der Waals surface area contributed by atoms with Gasteiger partial charge in [-0.1, -0.05) is 24.3 Å². The number of hydrogen-bond donors (Lipinski definition) is 0. The first-order valence-electron chi connectivity index (χ1n) is 7.93. The Kier molecular flexibility index (Phi) is 3.74. The van der Waals surface area contributed by atoms with Crippen molar-refractivity contribution in [1.29, 1.82) is 0 Å². The van der Waals surface area contributed by atoms with E-state index in [1.165, 1.54) is 0 Å². The van der Waals surface area contributed by atoms with Gasteiger partial charge in [0.25, 0.3) is 5.91 Å². The lowest BCUT2D eigenvalue weighted by Crippen LogP contribution is -2.37. The quantitative estimate of drug-likeness (QED) is 0.725. The number of carbonyl (C=O) groups is 1. The van der Waals surface area contributed by atoms with Crippen LogP contribution in [-0.2, 0) is 17.8 Å². The second-order valence-corrected chi connectivity index (χ2v) is 5.94. The van der Waals surface area contributed by atoms with Gasteiger partial charge in [0.15, 0.2) is 0 Å². The Morgan fingerprint density at radius 1 is 1.17 bits per heavy atom. The summed E-state index contributed by atoms with van der Waals surface area (Å²) in [5.41, 5.74) is 2.28. The molecule has 0 radical (unpaired) electrons. The molecule has 2 aromatic heterocycles. The minimum Gasteiger partial charge on any atom is -0.378 e. The SMILES string of the molecule is COC1CN(C(=O)c2ccc3ccccc3n2)Cc2ccnn2C1. The molecule has 0 saturated carbocycles. The summed E-state index contributed by atoms with van der Waals surface area (Å²) in [6, 6.07) is 13.5. The lowest BCUT2D eigenvalue weighted by molar-refractivity contribution is 0.0446. The van der Waals surface area contributed by atoms with Crippen molar-refractivity contribution in [3.63, 3.8) is 0 Å². The van der Waals surface area contributed by atoms with E-state index >= 15 is 0 Å². The van der Waals surface area contributed by atoms with Crippen molar-refractivity contribution in [3.8, 4) is 0 Å². The summed E-state index contributed by atoms with van der Waals surface area (Å²) >= 11 is 0. The summed E-state index contributed by atoms with van der Waals surface area (Å²) < 4.78 is 7.41. The minimum atomic E-state index is -0.0874. The van der Waals surface area contributed by atoms with Crippen LogP contribution < -0.4 is 0 Å². The highest BCUT2D eigenvalue weighted by Crippen LogP contribution is 2.17. The van der Waals surface area contributed by atoms with Gasteiger partial charge in [0, 0.05) is 25.2 Å². The van der Waals surface area contributed by atoms with E-state index in [0.29, 0.717) is 25.3 Å². The number of pyridine rings is 1. The molecule has 0 N–H and O–H groups in total. The molecule has 3 aromatic rings. The number of amides is 1. The number of methoxy groups -OCH3 is 1. The molecule has 0 saturated heterocycles. The zero-order valence-electron chi connectivity index (χ0n) is 13.4. The highest BCUT2D eigenvalue weighted by atomic mass is 16.5. The Labute approximate surface area is 139 Å². The maximum Gasteiger partial charge on any atom is 0.272 e. The van der Waals surface area contributed by atoms with Crippen LogP contribution in [-0.4, -0.2) is 45.3 Å². The lowest BCUT2D eigenvalue weighted by atomic mass is 10.2. The number of benzene rings is 1. The predicted molar refractivity (Wildman–Crippen MR) is 89.5 cm³/mol. The normalized spacial score (nSPS) is 17.5. The molecule has 3 heterocycles. The first-order valence-corrected chi connectivity index (χ1v) is 7.93. The van der Waals surface area contributed by atoms with Crippen molar-refractivity contribution in [2.75, 3.05) is 13.7 Å². The van der Waals surface area contributed by atoms with Gasteiger partial charge in [-0.15, -0.1) is 0 Å². The van der Waals surface area contributed by atoms with E-state index in [9.17, 15) is 4.79 Å². The molecule has 24 heavy (non-hydrogen) atoms. The van der Waals surface area contributed by atoms with E-state index in [0.717, 1.165) is 16.6 Å². The molecule has 1 aliphatic heterocycles. The van der Waals surface area contributed by atoms with E-state index in [4.69, 9.17) is 4.74 Å². The van der Waals surface area contributed by atoms with Crippen molar-refractivity contribution in [3.05, 3.63) is 60.0 Å². The molecular formula is C18H18N4O2. The fraction of sp³-hybridized carbons (Fsp3) is 0.278. The molecule has 0 spiro atoms. The smallest absolute Gasteiger partial charge is 0.272 e. The highest BCUT2D eigenvalue weighted by molar-refractivity contribution is 5.94. The van der Waals surface area contributed by atoms with Crippen LogP contribution in [0.1, 0.15) is 16.2 Å². The maximum absolute atomic E-state index is 13.0. The van der Waals surface area contributed by atoms with Gasteiger partial charge in [0.2, 0.25) is 0 Å². The second kappa shape index (κ2) is 6.05. The number of hydrogen-bond acceptors (Lipinski definition) is 4. The Morgan fingerprint density at radius 2 is 2.04 bits per heavy atom. The third-order valence-electron chi connectivity index (χ3n) is 4.40. The number of nitrogens with zero attached hydrogens (tertiary/aromatic N) is 4. The number of para-hydroxylation sites is 1. The van der Waals surface area contributed by atoms with Gasteiger partial charge >= 0.3 is 0 Å². The Hall–Kier alpha value is -2.73. The van der Waals surface area contributed by atoms with Crippen molar-refractivity contribution in [2.24, 2.45) is 0 Å². The summed E-state index contributed by atoms with van der Waals surface area (Å²) in [7, 11) is 1.66. The summed E-state index contributed by atoms with van der Waals surface area (Å²) in [6.07, 6.45) is 1.67. The van der Waals surface area contributed by atoms with Crippen LogP contribution >= 0.6 is 0 Å². The van der Waals surface area contributed by atoms with Crippen LogP contribution in [0.15, 0.2) is 48.7 Å². The van der Waals surface area contributed by atoms with E-state index in [-0.39, 0.29) is 12.0 Å². The Morgan fingerprint density at radius 3 is 2.92 bits per heavy atom. The highest BCUT2D eigenvalue weighted by Gasteiger charge is 2.26. The van der Waals surface area contributed by atoms with Crippen LogP contribution in [0.4, 0.5) is 0 Å². The summed E-state index contributed by atoms with van der Waals surface area (Å²) in [6.45, 7) is 1.67. The van der Waals surface area contributed by atoms with E-state index in [1.54, 1.807) is 24.3 Å². The third kappa shape index (κ3) is 2.65. The van der Waals surface area contributed by atoms with Gasteiger partial charge in [-0.3, -0.25) is 9.48 Å². The van der Waals surface area contributed by atoms with Crippen LogP contribution in [0.2, 0.25) is 0 Å². The molecule has 1 amide bonds. The third-order valence-corrected chi connectivity index (χ3v) is 4.40. The topological polar surface area (TPSA) is 60.2 Å². The van der Waals surface area contributed by atoms with Gasteiger partial charge in [-0.05, 0) is 18.2 Å². The monoisotopic (exact) mass is 322 g/mol. The summed E-state index contributed by atoms with van der Waals surface area (Å²) in [4.78, 5) is 19.3. The molecule has 6 heteroatoms. The largest absolute Gasteiger partial charge is 0.378 e. The molecule has 1 aromatic carbocycles. The summed E-state index contributed by atoms with van der Waals surface area (Å²) in [5.74, 6) is -0.0857. The number of aromatic nitrogens is 3. The summed E-state index contributed by atoms with van der Waals surface area (Å²) in [5, 5.41) is 5.33. The predicted octanol–water partition coefficient (Wildman–Crippen LogP) is 2.10. The molecule has 6 nitrogen and oxygen atoms in total. The van der Waals surface area contributed by atoms with Crippen LogP contribution in [0.5, 0.6) is 0 Å². The number of ether oxygens (including phenoxy) is 1. The number of rotatable bonds is 2.